The van der Waals surface area contributed by atoms with Crippen LogP contribution in [0.25, 0.3) is 0 Å². The summed E-state index contributed by atoms with van der Waals surface area (Å²) in [7, 11) is 6.73. The van der Waals surface area contributed by atoms with E-state index in [2.05, 4.69) is 36.3 Å². The standard InChI is InChI=1S/C14H29N3/c1-16(2)14(8-6-9-14)12-15-11-13-7-4-5-10-17(13)3/h13,15H,4-12H2,1-3H3. The Morgan fingerprint density at radius 2 is 2.00 bits per heavy atom. The molecule has 3 heteroatoms. The van der Waals surface area contributed by atoms with Crippen molar-refractivity contribution in [3.8, 4) is 0 Å². The molecule has 1 aliphatic heterocycles. The van der Waals surface area contributed by atoms with Gasteiger partial charge in [0.05, 0.1) is 0 Å². The Balaban J connectivity index is 1.71. The lowest BCUT2D eigenvalue weighted by Gasteiger charge is -2.48. The van der Waals surface area contributed by atoms with Gasteiger partial charge in [0.25, 0.3) is 0 Å². The second kappa shape index (κ2) is 5.68. The van der Waals surface area contributed by atoms with Crippen LogP contribution in [0.5, 0.6) is 0 Å². The van der Waals surface area contributed by atoms with Crippen molar-refractivity contribution in [3.63, 3.8) is 0 Å². The maximum Gasteiger partial charge on any atom is 0.0327 e. The molecule has 1 unspecified atom stereocenters. The Bertz CT molecular complexity index is 236. The number of nitrogens with zero attached hydrogens (tertiary/aromatic N) is 2. The van der Waals surface area contributed by atoms with Crippen LogP contribution < -0.4 is 5.32 Å². The Morgan fingerprint density at radius 1 is 1.24 bits per heavy atom. The van der Waals surface area contributed by atoms with E-state index in [1.54, 1.807) is 0 Å². The van der Waals surface area contributed by atoms with Gasteiger partial charge in [-0.15, -0.1) is 0 Å². The molecule has 2 rings (SSSR count). The van der Waals surface area contributed by atoms with Gasteiger partial charge in [-0.1, -0.05) is 6.42 Å². The fourth-order valence-electron chi connectivity index (χ4n) is 3.24. The lowest BCUT2D eigenvalue weighted by Crippen LogP contribution is -2.57. The number of nitrogens with one attached hydrogen (secondary N) is 1. The summed E-state index contributed by atoms with van der Waals surface area (Å²) in [6.07, 6.45) is 8.31. The van der Waals surface area contributed by atoms with Crippen LogP contribution in [0.1, 0.15) is 38.5 Å². The van der Waals surface area contributed by atoms with Crippen molar-refractivity contribution in [1.29, 1.82) is 0 Å². The van der Waals surface area contributed by atoms with Crippen LogP contribution >= 0.6 is 0 Å². The zero-order chi connectivity index (χ0) is 12.3. The lowest BCUT2D eigenvalue weighted by atomic mass is 9.75. The maximum absolute atomic E-state index is 3.73. The highest BCUT2D eigenvalue weighted by atomic mass is 15.2. The molecular formula is C14H29N3. The third-order valence-corrected chi connectivity index (χ3v) is 4.99. The molecular weight excluding hydrogens is 210 g/mol. The molecule has 0 aromatic carbocycles. The number of likely N-dealkylation sites (tertiary alicyclic amines) is 1. The smallest absolute Gasteiger partial charge is 0.0327 e. The molecule has 0 radical (unpaired) electrons. The van der Waals surface area contributed by atoms with Crippen LogP contribution in [0, 0.1) is 0 Å². The topological polar surface area (TPSA) is 18.5 Å². The van der Waals surface area contributed by atoms with E-state index in [1.165, 1.54) is 58.2 Å². The second-order valence-electron chi connectivity index (χ2n) is 6.23. The third kappa shape index (κ3) is 3.01. The maximum atomic E-state index is 3.73. The summed E-state index contributed by atoms with van der Waals surface area (Å²) in [6.45, 7) is 3.63. The van der Waals surface area contributed by atoms with Gasteiger partial charge in [-0.25, -0.2) is 0 Å². The fourth-order valence-corrected chi connectivity index (χ4v) is 3.24. The molecule has 0 spiro atoms. The first kappa shape index (κ1) is 13.3. The molecule has 17 heavy (non-hydrogen) atoms. The first-order valence-electron chi connectivity index (χ1n) is 7.22. The summed E-state index contributed by atoms with van der Waals surface area (Å²) in [4.78, 5) is 4.95. The molecule has 0 aromatic rings. The summed E-state index contributed by atoms with van der Waals surface area (Å²) in [6, 6.07) is 0.767. The Kier molecular flexibility index (Phi) is 4.45. The molecule has 1 atom stereocenters. The predicted octanol–water partition coefficient (Wildman–Crippen LogP) is 1.54. The summed E-state index contributed by atoms with van der Waals surface area (Å²) in [5, 5.41) is 3.73. The molecule has 0 amide bonds. The highest BCUT2D eigenvalue weighted by Gasteiger charge is 2.38. The molecule has 1 N–H and O–H groups in total. The largest absolute Gasteiger partial charge is 0.313 e. The minimum absolute atomic E-state index is 0.466. The highest BCUT2D eigenvalue weighted by molar-refractivity contribution is 4.97. The SMILES string of the molecule is CN1CCCCC1CNCC1(N(C)C)CCC1. The quantitative estimate of drug-likeness (QED) is 0.785. The zero-order valence-electron chi connectivity index (χ0n) is 11.8. The summed E-state index contributed by atoms with van der Waals surface area (Å²) >= 11 is 0. The predicted molar refractivity (Wildman–Crippen MR) is 73.4 cm³/mol. The second-order valence-corrected chi connectivity index (χ2v) is 6.23. The van der Waals surface area contributed by atoms with Crippen molar-refractivity contribution >= 4 is 0 Å². The third-order valence-electron chi connectivity index (χ3n) is 4.99. The summed E-state index contributed by atoms with van der Waals surface area (Å²) < 4.78 is 0. The van der Waals surface area contributed by atoms with Crippen LogP contribution in [0.3, 0.4) is 0 Å². The van der Waals surface area contributed by atoms with Crippen LogP contribution in [-0.2, 0) is 0 Å². The Morgan fingerprint density at radius 3 is 2.53 bits per heavy atom. The van der Waals surface area contributed by atoms with E-state index in [9.17, 15) is 0 Å². The van der Waals surface area contributed by atoms with Crippen LogP contribution in [-0.4, -0.2) is 62.2 Å². The van der Waals surface area contributed by atoms with E-state index in [1.807, 2.05) is 0 Å². The van der Waals surface area contributed by atoms with Gasteiger partial charge < -0.3 is 15.1 Å². The van der Waals surface area contributed by atoms with E-state index >= 15 is 0 Å². The number of rotatable bonds is 5. The van der Waals surface area contributed by atoms with Crippen molar-refractivity contribution in [2.45, 2.75) is 50.1 Å². The van der Waals surface area contributed by atoms with Crippen LogP contribution in [0.15, 0.2) is 0 Å². The number of likely N-dealkylation sites (N-methyl/N-ethyl adjacent to an activating group) is 2. The van der Waals surface area contributed by atoms with Gasteiger partial charge in [0.15, 0.2) is 0 Å². The van der Waals surface area contributed by atoms with Gasteiger partial charge in [-0.2, -0.15) is 0 Å². The number of hydrogen-bond acceptors (Lipinski definition) is 3. The van der Waals surface area contributed by atoms with E-state index in [4.69, 9.17) is 0 Å². The first-order chi connectivity index (χ1) is 8.14. The van der Waals surface area contributed by atoms with Crippen LogP contribution in [0.4, 0.5) is 0 Å². The van der Waals surface area contributed by atoms with Crippen molar-refractivity contribution in [2.75, 3.05) is 40.8 Å². The van der Waals surface area contributed by atoms with Crippen molar-refractivity contribution in [3.05, 3.63) is 0 Å². The molecule has 3 nitrogen and oxygen atoms in total. The molecule has 0 bridgehead atoms. The zero-order valence-corrected chi connectivity index (χ0v) is 11.8. The number of piperidine rings is 1. The minimum Gasteiger partial charge on any atom is -0.313 e. The molecule has 100 valence electrons. The van der Waals surface area contributed by atoms with E-state index in [-0.39, 0.29) is 0 Å². The van der Waals surface area contributed by atoms with E-state index in [0.717, 1.165) is 6.04 Å². The van der Waals surface area contributed by atoms with E-state index < -0.39 is 0 Å². The molecule has 1 saturated carbocycles. The van der Waals surface area contributed by atoms with Gasteiger partial charge in [-0.05, 0) is 59.8 Å². The van der Waals surface area contributed by atoms with Gasteiger partial charge >= 0.3 is 0 Å². The fraction of sp³-hybridized carbons (Fsp3) is 1.00. The minimum atomic E-state index is 0.466. The molecule has 1 heterocycles. The molecule has 2 aliphatic rings. The summed E-state index contributed by atoms with van der Waals surface area (Å²) in [5.41, 5.74) is 0.466. The van der Waals surface area contributed by atoms with Gasteiger partial charge in [-0.3, -0.25) is 0 Å². The lowest BCUT2D eigenvalue weighted by molar-refractivity contribution is 0.0569. The van der Waals surface area contributed by atoms with E-state index in [0.29, 0.717) is 5.54 Å². The van der Waals surface area contributed by atoms with Crippen molar-refractivity contribution in [2.24, 2.45) is 0 Å². The van der Waals surface area contributed by atoms with Crippen molar-refractivity contribution in [1.82, 2.24) is 15.1 Å². The highest BCUT2D eigenvalue weighted by Crippen LogP contribution is 2.35. The normalized spacial score (nSPS) is 29.3. The van der Waals surface area contributed by atoms with Crippen LogP contribution in [0.2, 0.25) is 0 Å². The molecule has 1 aliphatic carbocycles. The first-order valence-corrected chi connectivity index (χ1v) is 7.22. The average Bonchev–Trinajstić information content (AvgIpc) is 2.23. The Labute approximate surface area is 107 Å². The number of hydrogen-bond donors (Lipinski definition) is 1. The van der Waals surface area contributed by atoms with Crippen molar-refractivity contribution < 1.29 is 0 Å². The molecule has 0 aromatic heterocycles. The Hall–Kier alpha value is -0.120. The van der Waals surface area contributed by atoms with Gasteiger partial charge in [0.2, 0.25) is 0 Å². The van der Waals surface area contributed by atoms with Gasteiger partial charge in [0.1, 0.15) is 0 Å². The average molecular weight is 239 g/mol. The molecule has 1 saturated heterocycles. The van der Waals surface area contributed by atoms with Gasteiger partial charge in [0, 0.05) is 24.7 Å². The monoisotopic (exact) mass is 239 g/mol. The summed E-state index contributed by atoms with van der Waals surface area (Å²) in [5.74, 6) is 0. The molecule has 2 fully saturated rings.